The highest BCUT2D eigenvalue weighted by Crippen LogP contribution is 2.39. The van der Waals surface area contributed by atoms with E-state index in [1.165, 1.54) is 6.92 Å². The Labute approximate surface area is 95.0 Å². The van der Waals surface area contributed by atoms with Crippen molar-refractivity contribution in [2.45, 2.75) is 64.5 Å². The minimum Gasteiger partial charge on any atom is -0.433 e. The molecule has 5 nitrogen and oxygen atoms in total. The van der Waals surface area contributed by atoms with Crippen LogP contribution in [0.2, 0.25) is 0 Å². The first-order valence-electron chi connectivity index (χ1n) is 5.61. The topological polar surface area (TPSA) is 54.0 Å². The second-order valence-electron chi connectivity index (χ2n) is 4.63. The Morgan fingerprint density at radius 1 is 1.31 bits per heavy atom. The van der Waals surface area contributed by atoms with Crippen molar-refractivity contribution in [1.29, 1.82) is 0 Å². The molecule has 5 heteroatoms. The van der Waals surface area contributed by atoms with Crippen molar-refractivity contribution in [3.05, 3.63) is 0 Å². The number of carbonyl (C=O) groups excluding carboxylic acids is 1. The molecule has 0 radical (unpaired) electrons. The van der Waals surface area contributed by atoms with Crippen LogP contribution in [0.1, 0.15) is 34.1 Å². The molecule has 0 aliphatic carbocycles. The van der Waals surface area contributed by atoms with E-state index in [0.29, 0.717) is 0 Å². The van der Waals surface area contributed by atoms with E-state index < -0.39 is 12.1 Å². The number of carbonyl (C=O) groups is 1. The Bertz CT molecular complexity index is 288. The smallest absolute Gasteiger partial charge is 0.305 e. The van der Waals surface area contributed by atoms with Gasteiger partial charge in [-0.2, -0.15) is 0 Å². The third-order valence-corrected chi connectivity index (χ3v) is 2.79. The van der Waals surface area contributed by atoms with E-state index in [4.69, 9.17) is 18.9 Å². The molecule has 2 saturated heterocycles. The number of fused-ring (bicyclic) bond motifs is 1. The number of hydrogen-bond donors (Lipinski definition) is 0. The molecule has 0 saturated carbocycles. The average molecular weight is 230 g/mol. The predicted octanol–water partition coefficient (Wildman–Crippen LogP) is 1.20. The Kier molecular flexibility index (Phi) is 2.94. The van der Waals surface area contributed by atoms with Crippen LogP contribution in [0.4, 0.5) is 0 Å². The van der Waals surface area contributed by atoms with Crippen LogP contribution in [-0.2, 0) is 23.7 Å². The van der Waals surface area contributed by atoms with E-state index in [9.17, 15) is 4.79 Å². The molecule has 0 aromatic carbocycles. The zero-order valence-electron chi connectivity index (χ0n) is 10.1. The number of hydrogen-bond acceptors (Lipinski definition) is 5. The van der Waals surface area contributed by atoms with Gasteiger partial charge in [-0.15, -0.1) is 0 Å². The van der Waals surface area contributed by atoms with Gasteiger partial charge in [0.15, 0.2) is 11.9 Å². The quantitative estimate of drug-likeness (QED) is 0.667. The second-order valence-corrected chi connectivity index (χ2v) is 4.63. The molecule has 2 heterocycles. The van der Waals surface area contributed by atoms with Crippen LogP contribution in [-0.4, -0.2) is 36.4 Å². The SMILES string of the molecule is CC[C@@H]1OC(OC(C)=O)[C@H]2OC(C)(C)O[C@@H]12. The van der Waals surface area contributed by atoms with Gasteiger partial charge in [0.2, 0.25) is 6.29 Å². The van der Waals surface area contributed by atoms with Crippen molar-refractivity contribution >= 4 is 5.97 Å². The summed E-state index contributed by atoms with van der Waals surface area (Å²) in [7, 11) is 0. The minimum atomic E-state index is -0.644. The first-order valence-corrected chi connectivity index (χ1v) is 5.61. The average Bonchev–Trinajstić information content (AvgIpc) is 2.60. The first-order chi connectivity index (χ1) is 7.43. The summed E-state index contributed by atoms with van der Waals surface area (Å²) in [6, 6.07) is 0. The van der Waals surface area contributed by atoms with Crippen LogP contribution in [0.15, 0.2) is 0 Å². The maximum absolute atomic E-state index is 10.9. The van der Waals surface area contributed by atoms with Crippen molar-refractivity contribution in [1.82, 2.24) is 0 Å². The van der Waals surface area contributed by atoms with Gasteiger partial charge in [-0.25, -0.2) is 0 Å². The summed E-state index contributed by atoms with van der Waals surface area (Å²) >= 11 is 0. The molecule has 0 aromatic rings. The molecular formula is C11H18O5. The highest BCUT2D eigenvalue weighted by molar-refractivity contribution is 5.66. The van der Waals surface area contributed by atoms with Crippen molar-refractivity contribution in [3.8, 4) is 0 Å². The van der Waals surface area contributed by atoms with Crippen molar-refractivity contribution in [2.75, 3.05) is 0 Å². The summed E-state index contributed by atoms with van der Waals surface area (Å²) in [5.41, 5.74) is 0. The molecule has 1 unspecified atom stereocenters. The summed E-state index contributed by atoms with van der Waals surface area (Å²) in [6.45, 7) is 7.07. The van der Waals surface area contributed by atoms with Crippen molar-refractivity contribution in [2.24, 2.45) is 0 Å². The third kappa shape index (κ3) is 2.07. The lowest BCUT2D eigenvalue weighted by atomic mass is 10.1. The molecule has 16 heavy (non-hydrogen) atoms. The summed E-state index contributed by atoms with van der Waals surface area (Å²) in [5, 5.41) is 0. The Balaban J connectivity index is 2.11. The normalized spacial score (nSPS) is 40.8. The second kappa shape index (κ2) is 3.98. The van der Waals surface area contributed by atoms with E-state index in [1.54, 1.807) is 0 Å². The molecule has 2 rings (SSSR count). The van der Waals surface area contributed by atoms with Gasteiger partial charge < -0.3 is 18.9 Å². The molecular weight excluding hydrogens is 212 g/mol. The standard InChI is InChI=1S/C11H18O5/c1-5-7-8-9(16-11(3,4)15-8)10(14-7)13-6(2)12/h7-10H,5H2,1-4H3/t7-,8-,9-,10?/m0/s1. The van der Waals surface area contributed by atoms with Gasteiger partial charge in [-0.05, 0) is 20.3 Å². The summed E-state index contributed by atoms with van der Waals surface area (Å²) in [5.74, 6) is -1.00. The Morgan fingerprint density at radius 3 is 2.50 bits per heavy atom. The van der Waals surface area contributed by atoms with Crippen LogP contribution < -0.4 is 0 Å². The minimum absolute atomic E-state index is 0.0730. The van der Waals surface area contributed by atoms with E-state index >= 15 is 0 Å². The fourth-order valence-electron chi connectivity index (χ4n) is 2.23. The lowest BCUT2D eigenvalue weighted by molar-refractivity contribution is -0.231. The van der Waals surface area contributed by atoms with Crippen LogP contribution in [0.5, 0.6) is 0 Å². The number of esters is 1. The zero-order valence-corrected chi connectivity index (χ0v) is 10.1. The molecule has 2 aliphatic rings. The van der Waals surface area contributed by atoms with E-state index in [1.807, 2.05) is 20.8 Å². The Morgan fingerprint density at radius 2 is 1.94 bits per heavy atom. The monoisotopic (exact) mass is 230 g/mol. The summed E-state index contributed by atoms with van der Waals surface area (Å²) < 4.78 is 22.1. The molecule has 0 N–H and O–H groups in total. The Hall–Kier alpha value is -0.650. The van der Waals surface area contributed by atoms with Crippen LogP contribution in [0.3, 0.4) is 0 Å². The van der Waals surface area contributed by atoms with Crippen LogP contribution in [0.25, 0.3) is 0 Å². The highest BCUT2D eigenvalue weighted by Gasteiger charge is 2.55. The summed E-state index contributed by atoms with van der Waals surface area (Å²) in [4.78, 5) is 10.9. The van der Waals surface area contributed by atoms with Crippen LogP contribution in [0, 0.1) is 0 Å². The largest absolute Gasteiger partial charge is 0.433 e. The fourth-order valence-corrected chi connectivity index (χ4v) is 2.23. The molecule has 0 aromatic heterocycles. The molecule has 2 aliphatic heterocycles. The van der Waals surface area contributed by atoms with Gasteiger partial charge >= 0.3 is 5.97 Å². The maximum atomic E-state index is 10.9. The number of rotatable bonds is 2. The van der Waals surface area contributed by atoms with Crippen molar-refractivity contribution < 1.29 is 23.7 Å². The van der Waals surface area contributed by atoms with Gasteiger partial charge in [0.05, 0.1) is 6.10 Å². The van der Waals surface area contributed by atoms with Gasteiger partial charge in [0, 0.05) is 6.92 Å². The van der Waals surface area contributed by atoms with Crippen molar-refractivity contribution in [3.63, 3.8) is 0 Å². The lowest BCUT2D eigenvalue weighted by Crippen LogP contribution is -2.32. The number of ether oxygens (including phenoxy) is 4. The predicted molar refractivity (Wildman–Crippen MR) is 54.5 cm³/mol. The molecule has 2 fully saturated rings. The van der Waals surface area contributed by atoms with E-state index in [0.717, 1.165) is 6.42 Å². The fraction of sp³-hybridized carbons (Fsp3) is 0.909. The van der Waals surface area contributed by atoms with E-state index in [-0.39, 0.29) is 24.3 Å². The zero-order chi connectivity index (χ0) is 11.9. The van der Waals surface area contributed by atoms with Gasteiger partial charge in [0.25, 0.3) is 0 Å². The highest BCUT2D eigenvalue weighted by atomic mass is 16.8. The molecule has 0 bridgehead atoms. The molecule has 4 atom stereocenters. The summed E-state index contributed by atoms with van der Waals surface area (Å²) in [6.07, 6.45) is -0.378. The van der Waals surface area contributed by atoms with Gasteiger partial charge in [-0.1, -0.05) is 6.92 Å². The van der Waals surface area contributed by atoms with Gasteiger partial charge in [-0.3, -0.25) is 4.79 Å². The third-order valence-electron chi connectivity index (χ3n) is 2.79. The van der Waals surface area contributed by atoms with Gasteiger partial charge in [0.1, 0.15) is 6.10 Å². The van der Waals surface area contributed by atoms with E-state index in [2.05, 4.69) is 0 Å². The molecule has 0 spiro atoms. The maximum Gasteiger partial charge on any atom is 0.305 e. The molecule has 92 valence electrons. The molecule has 0 amide bonds. The first kappa shape index (κ1) is 11.8. The lowest BCUT2D eigenvalue weighted by Gasteiger charge is -2.23. The van der Waals surface area contributed by atoms with Crippen LogP contribution >= 0.6 is 0 Å².